The summed E-state index contributed by atoms with van der Waals surface area (Å²) in [6.45, 7) is 3.98. The van der Waals surface area contributed by atoms with Gasteiger partial charge in [-0.2, -0.15) is 0 Å². The van der Waals surface area contributed by atoms with Crippen LogP contribution in [0.25, 0.3) is 0 Å². The molecule has 5 heteroatoms. The molecule has 13 heavy (non-hydrogen) atoms. The van der Waals surface area contributed by atoms with E-state index in [9.17, 15) is 4.79 Å². The summed E-state index contributed by atoms with van der Waals surface area (Å²) in [5.74, 6) is 0.0532. The number of carbonyl (C=O) groups excluding carboxylic acids is 1. The fourth-order valence-corrected chi connectivity index (χ4v) is 1.37. The highest BCUT2D eigenvalue weighted by Crippen LogP contribution is 1.99. The van der Waals surface area contributed by atoms with Crippen molar-refractivity contribution in [1.29, 1.82) is 0 Å². The van der Waals surface area contributed by atoms with Gasteiger partial charge in [-0.25, -0.2) is 0 Å². The van der Waals surface area contributed by atoms with Gasteiger partial charge in [0.1, 0.15) is 0 Å². The van der Waals surface area contributed by atoms with Crippen molar-refractivity contribution < 1.29 is 9.90 Å². The topological polar surface area (TPSA) is 55.8 Å². The minimum atomic E-state index is 0.0532. The van der Waals surface area contributed by atoms with Crippen molar-refractivity contribution in [3.05, 3.63) is 0 Å². The van der Waals surface area contributed by atoms with Gasteiger partial charge < -0.3 is 10.4 Å². The molecule has 1 aliphatic heterocycles. The van der Waals surface area contributed by atoms with Crippen LogP contribution >= 0.6 is 0 Å². The lowest BCUT2D eigenvalue weighted by Crippen LogP contribution is -2.49. The molecule has 1 saturated heterocycles. The number of hydrogen-bond acceptors (Lipinski definition) is 4. The zero-order valence-electron chi connectivity index (χ0n) is 7.99. The van der Waals surface area contributed by atoms with Crippen LogP contribution in [0.5, 0.6) is 0 Å². The van der Waals surface area contributed by atoms with Crippen molar-refractivity contribution in [3.8, 4) is 0 Å². The first-order chi connectivity index (χ1) is 6.26. The minimum absolute atomic E-state index is 0.0532. The van der Waals surface area contributed by atoms with E-state index in [4.69, 9.17) is 5.11 Å². The number of hydrogen-bond donors (Lipinski definition) is 2. The number of likely N-dealkylation sites (N-methyl/N-ethyl adjacent to an activating group) is 1. The molecule has 5 nitrogen and oxygen atoms in total. The maximum atomic E-state index is 11.0. The Morgan fingerprint density at radius 2 is 1.85 bits per heavy atom. The molecule has 0 aromatic carbocycles. The second kappa shape index (κ2) is 5.16. The fourth-order valence-electron chi connectivity index (χ4n) is 1.37. The molecule has 0 unspecified atom stereocenters. The van der Waals surface area contributed by atoms with Gasteiger partial charge in [0.25, 0.3) is 0 Å². The van der Waals surface area contributed by atoms with E-state index in [-0.39, 0.29) is 12.6 Å². The first-order valence-corrected chi connectivity index (χ1v) is 4.52. The van der Waals surface area contributed by atoms with E-state index < -0.39 is 0 Å². The van der Waals surface area contributed by atoms with Crippen LogP contribution in [0.4, 0.5) is 0 Å². The Kier molecular flexibility index (Phi) is 4.14. The van der Waals surface area contributed by atoms with Crippen molar-refractivity contribution in [2.45, 2.75) is 0 Å². The minimum Gasteiger partial charge on any atom is -0.381 e. The fraction of sp³-hybridized carbons (Fsp3) is 0.875. The van der Waals surface area contributed by atoms with E-state index in [0.717, 1.165) is 26.2 Å². The lowest BCUT2D eigenvalue weighted by Gasteiger charge is -2.32. The molecular weight excluding hydrogens is 170 g/mol. The molecular formula is C8H17N3O2. The SMILES string of the molecule is CNC(=O)CN1CCN(CO)CC1. The molecule has 1 rings (SSSR count). The molecule has 2 N–H and O–H groups in total. The third-order valence-electron chi connectivity index (χ3n) is 2.31. The normalized spacial score (nSPS) is 20.2. The molecule has 1 fully saturated rings. The van der Waals surface area contributed by atoms with E-state index in [1.54, 1.807) is 7.05 Å². The van der Waals surface area contributed by atoms with Gasteiger partial charge in [-0.1, -0.05) is 0 Å². The lowest BCUT2D eigenvalue weighted by molar-refractivity contribution is -0.122. The van der Waals surface area contributed by atoms with Gasteiger partial charge in [-0.05, 0) is 0 Å². The molecule has 0 radical (unpaired) electrons. The first kappa shape index (κ1) is 10.4. The average Bonchev–Trinajstić information content (AvgIpc) is 2.19. The number of aliphatic hydroxyl groups excluding tert-OH is 1. The van der Waals surface area contributed by atoms with Crippen LogP contribution in [0.3, 0.4) is 0 Å². The molecule has 0 atom stereocenters. The molecule has 76 valence electrons. The van der Waals surface area contributed by atoms with Crippen molar-refractivity contribution >= 4 is 5.91 Å². The Balaban J connectivity index is 2.21. The van der Waals surface area contributed by atoms with Crippen LogP contribution in [-0.2, 0) is 4.79 Å². The largest absolute Gasteiger partial charge is 0.381 e. The zero-order valence-corrected chi connectivity index (χ0v) is 7.99. The van der Waals surface area contributed by atoms with Gasteiger partial charge in [0.2, 0.25) is 5.91 Å². The number of piperazine rings is 1. The Hall–Kier alpha value is -0.650. The number of nitrogens with one attached hydrogen (secondary N) is 1. The smallest absolute Gasteiger partial charge is 0.233 e. The highest BCUT2D eigenvalue weighted by atomic mass is 16.3. The Morgan fingerprint density at radius 1 is 1.31 bits per heavy atom. The highest BCUT2D eigenvalue weighted by Gasteiger charge is 2.17. The van der Waals surface area contributed by atoms with Crippen LogP contribution in [0.15, 0.2) is 0 Å². The van der Waals surface area contributed by atoms with Crippen LogP contribution in [-0.4, -0.2) is 67.3 Å². The first-order valence-electron chi connectivity index (χ1n) is 4.52. The van der Waals surface area contributed by atoms with Gasteiger partial charge in [0, 0.05) is 33.2 Å². The summed E-state index contributed by atoms with van der Waals surface area (Å²) < 4.78 is 0. The van der Waals surface area contributed by atoms with Crippen molar-refractivity contribution in [2.24, 2.45) is 0 Å². The monoisotopic (exact) mass is 187 g/mol. The second-order valence-electron chi connectivity index (χ2n) is 3.21. The third-order valence-corrected chi connectivity index (χ3v) is 2.31. The molecule has 0 bridgehead atoms. The number of carbonyl (C=O) groups is 1. The van der Waals surface area contributed by atoms with Gasteiger partial charge >= 0.3 is 0 Å². The summed E-state index contributed by atoms with van der Waals surface area (Å²) in [6.07, 6.45) is 0. The van der Waals surface area contributed by atoms with E-state index in [1.165, 1.54) is 0 Å². The lowest BCUT2D eigenvalue weighted by atomic mass is 10.3. The molecule has 1 heterocycles. The molecule has 0 saturated carbocycles. The Morgan fingerprint density at radius 3 is 2.31 bits per heavy atom. The van der Waals surface area contributed by atoms with E-state index in [2.05, 4.69) is 10.2 Å². The van der Waals surface area contributed by atoms with Crippen molar-refractivity contribution in [3.63, 3.8) is 0 Å². The molecule has 0 aliphatic carbocycles. The van der Waals surface area contributed by atoms with Gasteiger partial charge in [0.15, 0.2) is 0 Å². The van der Waals surface area contributed by atoms with Gasteiger partial charge in [-0.15, -0.1) is 0 Å². The summed E-state index contributed by atoms with van der Waals surface area (Å²) in [5.41, 5.74) is 0. The quantitative estimate of drug-likeness (QED) is 0.553. The summed E-state index contributed by atoms with van der Waals surface area (Å²) in [5, 5.41) is 11.4. The number of amides is 1. The number of aliphatic hydroxyl groups is 1. The number of rotatable bonds is 3. The van der Waals surface area contributed by atoms with Gasteiger partial charge in [0.05, 0.1) is 13.3 Å². The van der Waals surface area contributed by atoms with Crippen molar-refractivity contribution in [1.82, 2.24) is 15.1 Å². The molecule has 1 aliphatic rings. The highest BCUT2D eigenvalue weighted by molar-refractivity contribution is 5.77. The van der Waals surface area contributed by atoms with E-state index in [1.807, 2.05) is 4.90 Å². The second-order valence-corrected chi connectivity index (χ2v) is 3.21. The van der Waals surface area contributed by atoms with E-state index in [0.29, 0.717) is 6.54 Å². The molecule has 0 aromatic rings. The van der Waals surface area contributed by atoms with Crippen LogP contribution in [0.2, 0.25) is 0 Å². The Labute approximate surface area is 78.3 Å². The predicted molar refractivity (Wildman–Crippen MR) is 49.2 cm³/mol. The van der Waals surface area contributed by atoms with Gasteiger partial charge in [-0.3, -0.25) is 14.6 Å². The molecule has 1 amide bonds. The maximum Gasteiger partial charge on any atom is 0.233 e. The standard InChI is InChI=1S/C8H17N3O2/c1-9-8(13)6-10-2-4-11(7-12)5-3-10/h12H,2-7H2,1H3,(H,9,13). The summed E-state index contributed by atoms with van der Waals surface area (Å²) in [7, 11) is 1.65. The van der Waals surface area contributed by atoms with Crippen LogP contribution in [0.1, 0.15) is 0 Å². The average molecular weight is 187 g/mol. The summed E-state index contributed by atoms with van der Waals surface area (Å²) >= 11 is 0. The summed E-state index contributed by atoms with van der Waals surface area (Å²) in [6, 6.07) is 0. The van der Waals surface area contributed by atoms with E-state index >= 15 is 0 Å². The van der Waals surface area contributed by atoms with Crippen LogP contribution in [0, 0.1) is 0 Å². The summed E-state index contributed by atoms with van der Waals surface area (Å²) in [4.78, 5) is 15.1. The molecule has 0 aromatic heterocycles. The number of nitrogens with zero attached hydrogens (tertiary/aromatic N) is 2. The van der Waals surface area contributed by atoms with Crippen LogP contribution < -0.4 is 5.32 Å². The predicted octanol–water partition coefficient (Wildman–Crippen LogP) is -1.70. The Bertz CT molecular complexity index is 167. The maximum absolute atomic E-state index is 11.0. The third kappa shape index (κ3) is 3.30. The molecule has 0 spiro atoms. The zero-order chi connectivity index (χ0) is 9.68. The van der Waals surface area contributed by atoms with Crippen molar-refractivity contribution in [2.75, 3.05) is 46.5 Å².